The summed E-state index contributed by atoms with van der Waals surface area (Å²) in [6, 6.07) is 0. The number of halogens is 3. The summed E-state index contributed by atoms with van der Waals surface area (Å²) in [6.07, 6.45) is -2.81. The molecule has 0 spiro atoms. The van der Waals surface area contributed by atoms with Crippen molar-refractivity contribution in [2.75, 3.05) is 65.7 Å². The largest absolute Gasteiger partial charge is 0.411 e. The molecule has 1 aliphatic rings. The van der Waals surface area contributed by atoms with Crippen molar-refractivity contribution in [3.63, 3.8) is 0 Å². The quantitative estimate of drug-likeness (QED) is 0.351. The van der Waals surface area contributed by atoms with Crippen molar-refractivity contribution in [2.24, 2.45) is 4.99 Å². The van der Waals surface area contributed by atoms with Crippen LogP contribution in [0, 0.1) is 0 Å². The van der Waals surface area contributed by atoms with Crippen molar-refractivity contribution in [3.05, 3.63) is 0 Å². The summed E-state index contributed by atoms with van der Waals surface area (Å²) >= 11 is 0. The molecule has 0 radical (unpaired) electrons. The summed E-state index contributed by atoms with van der Waals surface area (Å²) in [5.74, 6) is 0.690. The topological polar surface area (TPSA) is 58.1 Å². The smallest absolute Gasteiger partial charge is 0.379 e. The van der Waals surface area contributed by atoms with E-state index in [1.165, 1.54) is 0 Å². The van der Waals surface area contributed by atoms with Gasteiger partial charge in [0, 0.05) is 39.3 Å². The van der Waals surface area contributed by atoms with Gasteiger partial charge >= 0.3 is 6.18 Å². The summed E-state index contributed by atoms with van der Waals surface area (Å²) < 4.78 is 45.6. The normalized spacial score (nSPS) is 17.1. The SMILES string of the molecule is CCNC(=NCCCOCC(F)(F)F)NCCCN1CCOCC1. The second kappa shape index (κ2) is 12.3. The van der Waals surface area contributed by atoms with Gasteiger partial charge in [0.1, 0.15) is 6.61 Å². The van der Waals surface area contributed by atoms with E-state index in [9.17, 15) is 13.2 Å². The zero-order chi connectivity index (χ0) is 17.7. The minimum atomic E-state index is -4.26. The molecule has 1 rings (SSSR count). The summed E-state index contributed by atoms with van der Waals surface area (Å²) in [7, 11) is 0. The van der Waals surface area contributed by atoms with E-state index < -0.39 is 12.8 Å². The molecule has 142 valence electrons. The van der Waals surface area contributed by atoms with Crippen molar-refractivity contribution >= 4 is 5.96 Å². The molecule has 0 aromatic rings. The van der Waals surface area contributed by atoms with Gasteiger partial charge in [-0.2, -0.15) is 13.2 Å². The lowest BCUT2D eigenvalue weighted by molar-refractivity contribution is -0.173. The van der Waals surface area contributed by atoms with Crippen molar-refractivity contribution in [3.8, 4) is 0 Å². The maximum absolute atomic E-state index is 11.9. The number of hydrogen-bond acceptors (Lipinski definition) is 4. The number of guanidine groups is 1. The van der Waals surface area contributed by atoms with Crippen LogP contribution in [0.2, 0.25) is 0 Å². The van der Waals surface area contributed by atoms with Crippen LogP contribution in [-0.2, 0) is 9.47 Å². The molecular weight excluding hydrogens is 325 g/mol. The molecule has 1 fully saturated rings. The van der Waals surface area contributed by atoms with Crippen molar-refractivity contribution < 1.29 is 22.6 Å². The Bertz CT molecular complexity index is 348. The zero-order valence-corrected chi connectivity index (χ0v) is 14.3. The first-order chi connectivity index (χ1) is 11.5. The number of nitrogens with one attached hydrogen (secondary N) is 2. The van der Waals surface area contributed by atoms with Gasteiger partial charge in [-0.15, -0.1) is 0 Å². The second-order valence-electron chi connectivity index (χ2n) is 5.52. The first kappa shape index (κ1) is 21.0. The second-order valence-corrected chi connectivity index (χ2v) is 5.52. The number of morpholine rings is 1. The van der Waals surface area contributed by atoms with Gasteiger partial charge in [0.2, 0.25) is 0 Å². The summed E-state index contributed by atoms with van der Waals surface area (Å²) in [6.45, 7) is 7.36. The number of ether oxygens (including phenoxy) is 2. The highest BCUT2D eigenvalue weighted by Gasteiger charge is 2.27. The minimum absolute atomic E-state index is 0.0550. The Labute approximate surface area is 141 Å². The van der Waals surface area contributed by atoms with E-state index in [-0.39, 0.29) is 6.61 Å². The average Bonchev–Trinajstić information content (AvgIpc) is 2.54. The molecule has 0 aliphatic carbocycles. The predicted molar refractivity (Wildman–Crippen MR) is 87.3 cm³/mol. The average molecular weight is 354 g/mol. The molecule has 9 heteroatoms. The highest BCUT2D eigenvalue weighted by molar-refractivity contribution is 5.79. The molecule has 2 N–H and O–H groups in total. The van der Waals surface area contributed by atoms with E-state index in [1.807, 2.05) is 6.92 Å². The third-order valence-corrected chi connectivity index (χ3v) is 3.37. The van der Waals surface area contributed by atoms with Crippen LogP contribution in [0.1, 0.15) is 19.8 Å². The van der Waals surface area contributed by atoms with E-state index in [0.29, 0.717) is 18.9 Å². The Morgan fingerprint density at radius 2 is 1.96 bits per heavy atom. The van der Waals surface area contributed by atoms with E-state index in [0.717, 1.165) is 52.4 Å². The van der Waals surface area contributed by atoms with E-state index in [2.05, 4.69) is 25.3 Å². The summed E-state index contributed by atoms with van der Waals surface area (Å²) in [4.78, 5) is 6.70. The lowest BCUT2D eigenvalue weighted by Crippen LogP contribution is -2.40. The van der Waals surface area contributed by atoms with Crippen LogP contribution < -0.4 is 10.6 Å². The first-order valence-corrected chi connectivity index (χ1v) is 8.48. The van der Waals surface area contributed by atoms with Crippen LogP contribution in [0.3, 0.4) is 0 Å². The van der Waals surface area contributed by atoms with Crippen LogP contribution in [0.5, 0.6) is 0 Å². The third kappa shape index (κ3) is 11.5. The van der Waals surface area contributed by atoms with Crippen molar-refractivity contribution in [2.45, 2.75) is 25.9 Å². The molecule has 0 bridgehead atoms. The van der Waals surface area contributed by atoms with Crippen molar-refractivity contribution in [1.29, 1.82) is 0 Å². The Morgan fingerprint density at radius 1 is 1.21 bits per heavy atom. The Kier molecular flexibility index (Phi) is 10.8. The molecule has 0 aromatic carbocycles. The first-order valence-electron chi connectivity index (χ1n) is 8.48. The Hall–Kier alpha value is -1.06. The molecule has 1 saturated heterocycles. The van der Waals surface area contributed by atoms with Crippen molar-refractivity contribution in [1.82, 2.24) is 15.5 Å². The van der Waals surface area contributed by atoms with Gasteiger partial charge < -0.3 is 20.1 Å². The molecule has 1 heterocycles. The highest BCUT2D eigenvalue weighted by atomic mass is 19.4. The number of hydrogen-bond donors (Lipinski definition) is 2. The minimum Gasteiger partial charge on any atom is -0.379 e. The number of alkyl halides is 3. The monoisotopic (exact) mass is 354 g/mol. The molecule has 0 unspecified atom stereocenters. The maximum atomic E-state index is 11.9. The molecule has 0 amide bonds. The number of rotatable bonds is 10. The molecule has 6 nitrogen and oxygen atoms in total. The molecule has 0 saturated carbocycles. The third-order valence-electron chi connectivity index (χ3n) is 3.37. The fourth-order valence-corrected chi connectivity index (χ4v) is 2.22. The van der Waals surface area contributed by atoms with E-state index in [4.69, 9.17) is 4.74 Å². The number of aliphatic imine (C=N–C) groups is 1. The molecule has 24 heavy (non-hydrogen) atoms. The van der Waals surface area contributed by atoms with Gasteiger partial charge in [-0.3, -0.25) is 9.89 Å². The highest BCUT2D eigenvalue weighted by Crippen LogP contribution is 2.14. The molecule has 0 aromatic heterocycles. The van der Waals surface area contributed by atoms with Crippen LogP contribution in [0.15, 0.2) is 4.99 Å². The fourth-order valence-electron chi connectivity index (χ4n) is 2.22. The van der Waals surface area contributed by atoms with Gasteiger partial charge in [-0.25, -0.2) is 0 Å². The Balaban J connectivity index is 2.10. The lowest BCUT2D eigenvalue weighted by Gasteiger charge is -2.26. The molecular formula is C15H29F3N4O2. The zero-order valence-electron chi connectivity index (χ0n) is 14.3. The van der Waals surface area contributed by atoms with Gasteiger partial charge in [0.15, 0.2) is 5.96 Å². The molecule has 1 aliphatic heterocycles. The van der Waals surface area contributed by atoms with Crippen LogP contribution in [0.25, 0.3) is 0 Å². The molecule has 0 atom stereocenters. The number of nitrogens with zero attached hydrogens (tertiary/aromatic N) is 2. The summed E-state index contributed by atoms with van der Waals surface area (Å²) in [5, 5.41) is 6.36. The summed E-state index contributed by atoms with van der Waals surface area (Å²) in [5.41, 5.74) is 0. The Morgan fingerprint density at radius 3 is 2.62 bits per heavy atom. The van der Waals surface area contributed by atoms with E-state index >= 15 is 0 Å². The lowest BCUT2D eigenvalue weighted by atomic mass is 10.3. The maximum Gasteiger partial charge on any atom is 0.411 e. The van der Waals surface area contributed by atoms with Gasteiger partial charge in [0.25, 0.3) is 0 Å². The predicted octanol–water partition coefficient (Wildman–Crippen LogP) is 1.23. The standard InChI is InChI=1S/C15H29F3N4O2/c1-2-19-14(21-6-4-10-24-13-15(16,17)18)20-5-3-7-22-8-11-23-12-9-22/h2-13H2,1H3,(H2,19,20,21). The fraction of sp³-hybridized carbons (Fsp3) is 0.933. The van der Waals surface area contributed by atoms with Gasteiger partial charge in [-0.1, -0.05) is 0 Å². The van der Waals surface area contributed by atoms with Gasteiger partial charge in [0.05, 0.1) is 13.2 Å². The van der Waals surface area contributed by atoms with Crippen LogP contribution in [-0.4, -0.2) is 82.7 Å². The van der Waals surface area contributed by atoms with Crippen LogP contribution >= 0.6 is 0 Å². The van der Waals surface area contributed by atoms with Crippen LogP contribution in [0.4, 0.5) is 13.2 Å². The van der Waals surface area contributed by atoms with Gasteiger partial charge in [-0.05, 0) is 26.3 Å². The van der Waals surface area contributed by atoms with E-state index in [1.54, 1.807) is 0 Å².